The van der Waals surface area contributed by atoms with Crippen molar-refractivity contribution in [3.05, 3.63) is 23.8 Å². The molecule has 0 aliphatic heterocycles. The van der Waals surface area contributed by atoms with Gasteiger partial charge in [-0.2, -0.15) is 0 Å². The van der Waals surface area contributed by atoms with E-state index in [4.69, 9.17) is 0 Å². The first-order valence-corrected chi connectivity index (χ1v) is 11.0. The van der Waals surface area contributed by atoms with Gasteiger partial charge in [0.2, 0.25) is 0 Å². The molecule has 0 aromatic carbocycles. The SMILES string of the molecule is C=C(C)[C@H]1CC[C@@]2(C)CC[C@]3(C)C[C@@H]4C[C@](C)(C/C=C\3[C@H]12)CC[C@@H]4C. The van der Waals surface area contributed by atoms with Crippen LogP contribution in [0.3, 0.4) is 0 Å². The fourth-order valence-corrected chi connectivity index (χ4v) is 7.51. The zero-order valence-electron chi connectivity index (χ0n) is 17.5. The van der Waals surface area contributed by atoms with Crippen LogP contribution in [0.15, 0.2) is 23.8 Å². The smallest absolute Gasteiger partial charge is 0.00784 e. The molecule has 0 spiro atoms. The second-order valence-corrected chi connectivity index (χ2v) is 11.5. The summed E-state index contributed by atoms with van der Waals surface area (Å²) in [5.41, 5.74) is 4.88. The van der Waals surface area contributed by atoms with E-state index in [0.29, 0.717) is 16.2 Å². The van der Waals surface area contributed by atoms with Crippen molar-refractivity contribution in [2.75, 3.05) is 0 Å². The minimum Gasteiger partial charge on any atom is -0.0998 e. The quantitative estimate of drug-likeness (QED) is 0.432. The minimum absolute atomic E-state index is 0.458. The highest BCUT2D eigenvalue weighted by Gasteiger charge is 2.55. The van der Waals surface area contributed by atoms with Crippen LogP contribution in [-0.2, 0) is 0 Å². The van der Waals surface area contributed by atoms with Crippen molar-refractivity contribution in [2.45, 2.75) is 92.4 Å². The summed E-state index contributed by atoms with van der Waals surface area (Å²) in [4.78, 5) is 0. The highest BCUT2D eigenvalue weighted by atomic mass is 14.6. The lowest BCUT2D eigenvalue weighted by Crippen LogP contribution is -2.44. The molecule has 3 saturated carbocycles. The molecule has 4 rings (SSSR count). The third-order valence-electron chi connectivity index (χ3n) is 9.38. The van der Waals surface area contributed by atoms with Gasteiger partial charge in [-0.25, -0.2) is 0 Å². The molecule has 7 atom stereocenters. The van der Waals surface area contributed by atoms with Gasteiger partial charge in [0.05, 0.1) is 0 Å². The molecule has 25 heavy (non-hydrogen) atoms. The third-order valence-corrected chi connectivity index (χ3v) is 9.38. The van der Waals surface area contributed by atoms with E-state index in [0.717, 1.165) is 23.7 Å². The summed E-state index contributed by atoms with van der Waals surface area (Å²) in [6.45, 7) is 17.1. The Balaban J connectivity index is 1.78. The molecule has 4 aliphatic carbocycles. The highest BCUT2D eigenvalue weighted by Crippen LogP contribution is 2.66. The summed E-state index contributed by atoms with van der Waals surface area (Å²) in [6.07, 6.45) is 15.6. The third kappa shape index (κ3) is 2.78. The zero-order valence-corrected chi connectivity index (χ0v) is 17.5. The first kappa shape index (κ1) is 17.9. The van der Waals surface area contributed by atoms with Crippen LogP contribution in [-0.4, -0.2) is 0 Å². The second kappa shape index (κ2) is 5.74. The van der Waals surface area contributed by atoms with Crippen LogP contribution in [0.1, 0.15) is 92.4 Å². The Morgan fingerprint density at radius 2 is 1.80 bits per heavy atom. The Morgan fingerprint density at radius 3 is 2.52 bits per heavy atom. The molecule has 0 heterocycles. The van der Waals surface area contributed by atoms with E-state index in [2.05, 4.69) is 47.3 Å². The summed E-state index contributed by atoms with van der Waals surface area (Å²) in [5, 5.41) is 0. The van der Waals surface area contributed by atoms with Crippen LogP contribution < -0.4 is 0 Å². The van der Waals surface area contributed by atoms with E-state index >= 15 is 0 Å². The summed E-state index contributed by atoms with van der Waals surface area (Å²) in [6, 6.07) is 0. The van der Waals surface area contributed by atoms with E-state index in [1.807, 2.05) is 5.57 Å². The summed E-state index contributed by atoms with van der Waals surface area (Å²) >= 11 is 0. The van der Waals surface area contributed by atoms with Crippen molar-refractivity contribution in [2.24, 2.45) is 39.9 Å². The van der Waals surface area contributed by atoms with Crippen molar-refractivity contribution in [1.29, 1.82) is 0 Å². The van der Waals surface area contributed by atoms with E-state index < -0.39 is 0 Å². The number of allylic oxidation sites excluding steroid dienone is 3. The van der Waals surface area contributed by atoms with E-state index in [1.54, 1.807) is 0 Å². The highest BCUT2D eigenvalue weighted by molar-refractivity contribution is 5.30. The molecule has 3 fully saturated rings. The predicted molar refractivity (Wildman–Crippen MR) is 108 cm³/mol. The Morgan fingerprint density at radius 1 is 1.04 bits per heavy atom. The second-order valence-electron chi connectivity index (χ2n) is 11.5. The molecular formula is C25H40. The van der Waals surface area contributed by atoms with Gasteiger partial charge in [-0.3, -0.25) is 0 Å². The van der Waals surface area contributed by atoms with Crippen molar-refractivity contribution in [3.63, 3.8) is 0 Å². The maximum atomic E-state index is 4.42. The molecule has 0 unspecified atom stereocenters. The molecule has 0 heteroatoms. The first-order chi connectivity index (χ1) is 11.7. The fourth-order valence-electron chi connectivity index (χ4n) is 7.51. The first-order valence-electron chi connectivity index (χ1n) is 11.0. The van der Waals surface area contributed by atoms with E-state index in [9.17, 15) is 0 Å². The van der Waals surface area contributed by atoms with E-state index in [-0.39, 0.29) is 0 Å². The van der Waals surface area contributed by atoms with Crippen LogP contribution in [0.2, 0.25) is 0 Å². The van der Waals surface area contributed by atoms with Crippen LogP contribution in [0.4, 0.5) is 0 Å². The molecule has 0 aromatic rings. The van der Waals surface area contributed by atoms with Gasteiger partial charge in [-0.1, -0.05) is 51.5 Å². The molecule has 4 aliphatic rings. The average Bonchev–Trinajstić information content (AvgIpc) is 2.87. The normalized spacial score (nSPS) is 54.5. The Labute approximate surface area is 156 Å². The van der Waals surface area contributed by atoms with Crippen molar-refractivity contribution < 1.29 is 0 Å². The summed E-state index contributed by atoms with van der Waals surface area (Å²) in [7, 11) is 0. The van der Waals surface area contributed by atoms with Gasteiger partial charge in [0, 0.05) is 0 Å². The molecular weight excluding hydrogens is 300 g/mol. The number of fused-ring (bicyclic) bond motifs is 5. The van der Waals surface area contributed by atoms with Crippen molar-refractivity contribution in [3.8, 4) is 0 Å². The van der Waals surface area contributed by atoms with Crippen LogP contribution in [0.5, 0.6) is 0 Å². The summed E-state index contributed by atoms with van der Waals surface area (Å²) < 4.78 is 0. The van der Waals surface area contributed by atoms with Crippen LogP contribution in [0.25, 0.3) is 0 Å². The van der Waals surface area contributed by atoms with Gasteiger partial charge in [0.1, 0.15) is 0 Å². The molecule has 0 nitrogen and oxygen atoms in total. The predicted octanol–water partition coefficient (Wildman–Crippen LogP) is 7.56. The van der Waals surface area contributed by atoms with Gasteiger partial charge < -0.3 is 0 Å². The fraction of sp³-hybridized carbons (Fsp3) is 0.840. The number of hydrogen-bond donors (Lipinski definition) is 0. The maximum Gasteiger partial charge on any atom is -0.00784 e. The topological polar surface area (TPSA) is 0 Å². The molecule has 0 N–H and O–H groups in total. The Kier molecular flexibility index (Phi) is 4.10. The average molecular weight is 341 g/mol. The number of hydrogen-bond acceptors (Lipinski definition) is 0. The molecule has 2 bridgehead atoms. The molecule has 0 amide bonds. The molecule has 140 valence electrons. The van der Waals surface area contributed by atoms with Gasteiger partial charge in [0.15, 0.2) is 0 Å². The van der Waals surface area contributed by atoms with Gasteiger partial charge in [0.25, 0.3) is 0 Å². The lowest BCUT2D eigenvalue weighted by Gasteiger charge is -2.55. The van der Waals surface area contributed by atoms with Crippen molar-refractivity contribution in [1.82, 2.24) is 0 Å². The molecule has 0 saturated heterocycles. The standard InChI is InChI=1S/C25H40/c1-17(2)20-8-12-24(5)13-14-25(6)16-19-15-23(4,10-7-18(19)3)11-9-21(25)22(20)24/h9,18-20,22H,1,7-8,10-16H2,2-6H3/b21-9-/t18-,19-,20+,22-,23-,24-,25+/m0/s1. The van der Waals surface area contributed by atoms with Crippen LogP contribution >= 0.6 is 0 Å². The monoisotopic (exact) mass is 340 g/mol. The van der Waals surface area contributed by atoms with E-state index in [1.165, 1.54) is 63.4 Å². The maximum absolute atomic E-state index is 4.42. The zero-order chi connectivity index (χ0) is 18.0. The molecule has 0 radical (unpaired) electrons. The van der Waals surface area contributed by atoms with Gasteiger partial charge >= 0.3 is 0 Å². The molecule has 0 aromatic heterocycles. The Hall–Kier alpha value is -0.520. The van der Waals surface area contributed by atoms with Crippen molar-refractivity contribution >= 4 is 0 Å². The van der Waals surface area contributed by atoms with Crippen LogP contribution in [0, 0.1) is 39.9 Å². The lowest BCUT2D eigenvalue weighted by atomic mass is 9.50. The number of rotatable bonds is 1. The van der Waals surface area contributed by atoms with Gasteiger partial charge in [-0.05, 0) is 105 Å². The minimum atomic E-state index is 0.458. The Bertz CT molecular complexity index is 597. The summed E-state index contributed by atoms with van der Waals surface area (Å²) in [5.74, 6) is 3.39. The lowest BCUT2D eigenvalue weighted by molar-refractivity contribution is 0.0366. The van der Waals surface area contributed by atoms with Gasteiger partial charge in [-0.15, -0.1) is 0 Å². The largest absolute Gasteiger partial charge is 0.0998 e.